The van der Waals surface area contributed by atoms with Crippen molar-refractivity contribution in [3.63, 3.8) is 0 Å². The summed E-state index contributed by atoms with van der Waals surface area (Å²) in [5.41, 5.74) is 7.57. The second-order valence-electron chi connectivity index (χ2n) is 3.92. The average molecular weight is 242 g/mol. The number of amides is 1. The molecule has 0 spiro atoms. The molecular formula is C14H14N2O2. The second kappa shape index (κ2) is 5.31. The largest absolute Gasteiger partial charge is 0.481 e. The molecule has 1 aromatic heterocycles. The molecule has 0 saturated carbocycles. The van der Waals surface area contributed by atoms with Gasteiger partial charge in [-0.3, -0.25) is 4.79 Å². The Morgan fingerprint density at radius 1 is 1.28 bits per heavy atom. The maximum Gasteiger partial charge on any atom is 0.248 e. The Labute approximate surface area is 105 Å². The van der Waals surface area contributed by atoms with E-state index in [-0.39, 0.29) is 0 Å². The first-order valence-electron chi connectivity index (χ1n) is 5.57. The van der Waals surface area contributed by atoms with E-state index < -0.39 is 5.91 Å². The van der Waals surface area contributed by atoms with Crippen LogP contribution in [0.15, 0.2) is 42.5 Å². The van der Waals surface area contributed by atoms with Crippen molar-refractivity contribution in [1.82, 2.24) is 4.98 Å². The minimum atomic E-state index is -0.481. The maximum absolute atomic E-state index is 11.2. The zero-order valence-electron chi connectivity index (χ0n) is 10.1. The molecule has 0 unspecified atom stereocenters. The zero-order chi connectivity index (χ0) is 13.0. The van der Waals surface area contributed by atoms with Crippen molar-refractivity contribution in [2.45, 2.75) is 6.42 Å². The number of primary amides is 1. The molecular weight excluding hydrogens is 228 g/mol. The Bertz CT molecular complexity index is 553. The van der Waals surface area contributed by atoms with Crippen molar-refractivity contribution in [3.8, 4) is 5.88 Å². The minimum absolute atomic E-state index is 0.400. The van der Waals surface area contributed by atoms with Gasteiger partial charge in [-0.15, -0.1) is 0 Å². The molecule has 1 aromatic carbocycles. The first kappa shape index (κ1) is 12.1. The van der Waals surface area contributed by atoms with Gasteiger partial charge in [-0.1, -0.05) is 30.3 Å². The smallest absolute Gasteiger partial charge is 0.248 e. The normalized spacial score (nSPS) is 10.1. The minimum Gasteiger partial charge on any atom is -0.481 e. The lowest BCUT2D eigenvalue weighted by atomic mass is 10.1. The van der Waals surface area contributed by atoms with Gasteiger partial charge < -0.3 is 10.5 Å². The highest BCUT2D eigenvalue weighted by Crippen LogP contribution is 2.15. The van der Waals surface area contributed by atoms with E-state index in [0.717, 1.165) is 11.3 Å². The van der Waals surface area contributed by atoms with Gasteiger partial charge in [0, 0.05) is 23.7 Å². The summed E-state index contributed by atoms with van der Waals surface area (Å²) in [7, 11) is 1.51. The third-order valence-electron chi connectivity index (χ3n) is 2.58. The number of carbonyl (C=O) groups excluding carboxylic acids is 1. The highest BCUT2D eigenvalue weighted by Gasteiger charge is 2.07. The highest BCUT2D eigenvalue weighted by molar-refractivity contribution is 5.93. The number of pyridine rings is 1. The van der Waals surface area contributed by atoms with Crippen LogP contribution in [-0.2, 0) is 6.42 Å². The van der Waals surface area contributed by atoms with Crippen LogP contribution in [-0.4, -0.2) is 18.0 Å². The summed E-state index contributed by atoms with van der Waals surface area (Å²) in [6, 6.07) is 13.1. The molecule has 0 saturated heterocycles. The van der Waals surface area contributed by atoms with Gasteiger partial charge in [-0.2, -0.15) is 0 Å². The van der Waals surface area contributed by atoms with E-state index in [1.807, 2.05) is 30.3 Å². The highest BCUT2D eigenvalue weighted by atomic mass is 16.5. The predicted molar refractivity (Wildman–Crippen MR) is 68.6 cm³/mol. The first-order valence-corrected chi connectivity index (χ1v) is 5.57. The zero-order valence-corrected chi connectivity index (χ0v) is 10.1. The Morgan fingerprint density at radius 2 is 2.00 bits per heavy atom. The summed E-state index contributed by atoms with van der Waals surface area (Å²) in [4.78, 5) is 15.5. The molecule has 2 rings (SSSR count). The van der Waals surface area contributed by atoms with Crippen LogP contribution in [0.5, 0.6) is 5.88 Å². The molecule has 1 amide bonds. The number of carbonyl (C=O) groups is 1. The van der Waals surface area contributed by atoms with Crippen LogP contribution < -0.4 is 10.5 Å². The van der Waals surface area contributed by atoms with Gasteiger partial charge in [-0.25, -0.2) is 4.98 Å². The van der Waals surface area contributed by atoms with Gasteiger partial charge in [0.05, 0.1) is 7.11 Å². The Balaban J connectivity index is 2.32. The van der Waals surface area contributed by atoms with Gasteiger partial charge in [-0.05, 0) is 11.6 Å². The lowest BCUT2D eigenvalue weighted by molar-refractivity contribution is 0.0999. The van der Waals surface area contributed by atoms with Gasteiger partial charge in [0.15, 0.2) is 0 Å². The van der Waals surface area contributed by atoms with E-state index >= 15 is 0 Å². The number of nitrogens with two attached hydrogens (primary N) is 1. The molecule has 0 bridgehead atoms. The van der Waals surface area contributed by atoms with Gasteiger partial charge in [0.25, 0.3) is 0 Å². The SMILES string of the molecule is COc1cc(C(N)=O)cc(Cc2ccccc2)n1. The Kier molecular flexibility index (Phi) is 3.57. The van der Waals surface area contributed by atoms with Crippen molar-refractivity contribution >= 4 is 5.91 Å². The van der Waals surface area contributed by atoms with Crippen molar-refractivity contribution < 1.29 is 9.53 Å². The molecule has 2 aromatic rings. The summed E-state index contributed by atoms with van der Waals surface area (Å²) in [5.74, 6) is -0.0813. The van der Waals surface area contributed by atoms with Crippen molar-refractivity contribution in [2.75, 3.05) is 7.11 Å². The number of ether oxygens (including phenoxy) is 1. The van der Waals surface area contributed by atoms with Crippen LogP contribution in [0, 0.1) is 0 Å². The average Bonchev–Trinajstić information content (AvgIpc) is 2.39. The van der Waals surface area contributed by atoms with Gasteiger partial charge in [0.2, 0.25) is 11.8 Å². The van der Waals surface area contributed by atoms with Crippen LogP contribution in [0.2, 0.25) is 0 Å². The molecule has 18 heavy (non-hydrogen) atoms. The molecule has 0 atom stereocenters. The molecule has 0 aliphatic heterocycles. The molecule has 0 radical (unpaired) electrons. The molecule has 4 heteroatoms. The van der Waals surface area contributed by atoms with Crippen molar-refractivity contribution in [1.29, 1.82) is 0 Å². The van der Waals surface area contributed by atoms with Crippen LogP contribution in [0.3, 0.4) is 0 Å². The van der Waals surface area contributed by atoms with Crippen LogP contribution in [0.1, 0.15) is 21.6 Å². The number of hydrogen-bond acceptors (Lipinski definition) is 3. The molecule has 0 aliphatic rings. The number of aromatic nitrogens is 1. The van der Waals surface area contributed by atoms with E-state index in [4.69, 9.17) is 10.5 Å². The maximum atomic E-state index is 11.2. The monoisotopic (exact) mass is 242 g/mol. The van der Waals surface area contributed by atoms with Crippen LogP contribution in [0.25, 0.3) is 0 Å². The summed E-state index contributed by atoms with van der Waals surface area (Å²) in [6.45, 7) is 0. The number of rotatable bonds is 4. The standard InChI is InChI=1S/C14H14N2O2/c1-18-13-9-11(14(15)17)8-12(16-13)7-10-5-3-2-4-6-10/h2-6,8-9H,7H2,1H3,(H2,15,17). The molecule has 1 heterocycles. The fraction of sp³-hybridized carbons (Fsp3) is 0.143. The predicted octanol–water partition coefficient (Wildman–Crippen LogP) is 1.78. The second-order valence-corrected chi connectivity index (χ2v) is 3.92. The van der Waals surface area contributed by atoms with E-state index in [1.54, 1.807) is 6.07 Å². The van der Waals surface area contributed by atoms with Crippen molar-refractivity contribution in [3.05, 3.63) is 59.3 Å². The summed E-state index contributed by atoms with van der Waals surface area (Å²) >= 11 is 0. The van der Waals surface area contributed by atoms with Crippen molar-refractivity contribution in [2.24, 2.45) is 5.73 Å². The van der Waals surface area contributed by atoms with E-state index in [0.29, 0.717) is 17.9 Å². The quantitative estimate of drug-likeness (QED) is 0.888. The molecule has 0 fully saturated rings. The van der Waals surface area contributed by atoms with Crippen LogP contribution in [0.4, 0.5) is 0 Å². The van der Waals surface area contributed by atoms with E-state index in [2.05, 4.69) is 4.98 Å². The molecule has 0 aliphatic carbocycles. The Morgan fingerprint density at radius 3 is 2.61 bits per heavy atom. The number of benzene rings is 1. The molecule has 2 N–H and O–H groups in total. The fourth-order valence-electron chi connectivity index (χ4n) is 1.70. The number of methoxy groups -OCH3 is 1. The summed E-state index contributed by atoms with van der Waals surface area (Å²) in [5, 5.41) is 0. The lowest BCUT2D eigenvalue weighted by Gasteiger charge is -2.06. The van der Waals surface area contributed by atoms with E-state index in [9.17, 15) is 4.79 Å². The first-order chi connectivity index (χ1) is 8.69. The summed E-state index contributed by atoms with van der Waals surface area (Å²) in [6.07, 6.45) is 0.637. The van der Waals surface area contributed by atoms with E-state index in [1.165, 1.54) is 13.2 Å². The van der Waals surface area contributed by atoms with Crippen LogP contribution >= 0.6 is 0 Å². The fourth-order valence-corrected chi connectivity index (χ4v) is 1.70. The van der Waals surface area contributed by atoms with Gasteiger partial charge >= 0.3 is 0 Å². The third-order valence-corrected chi connectivity index (χ3v) is 2.58. The lowest BCUT2D eigenvalue weighted by Crippen LogP contribution is -2.12. The molecule has 92 valence electrons. The third kappa shape index (κ3) is 2.85. The Hall–Kier alpha value is -2.36. The summed E-state index contributed by atoms with van der Waals surface area (Å²) < 4.78 is 5.06. The van der Waals surface area contributed by atoms with Gasteiger partial charge in [0.1, 0.15) is 0 Å². The number of hydrogen-bond donors (Lipinski definition) is 1. The number of nitrogens with zero attached hydrogens (tertiary/aromatic N) is 1. The molecule has 4 nitrogen and oxygen atoms in total. The topological polar surface area (TPSA) is 65.2 Å².